The van der Waals surface area contributed by atoms with E-state index in [1.165, 1.54) is 20.3 Å². The molecule has 0 atom stereocenters. The van der Waals surface area contributed by atoms with E-state index in [-0.39, 0.29) is 11.3 Å². The molecular weight excluding hydrogens is 350 g/mol. The molecule has 27 heavy (non-hydrogen) atoms. The second kappa shape index (κ2) is 7.65. The molecule has 138 valence electrons. The number of esters is 2. The molecule has 0 saturated carbocycles. The number of hydrogen-bond acceptors (Lipinski definition) is 8. The molecule has 0 amide bonds. The Kier molecular flexibility index (Phi) is 5.11. The number of tetrazole rings is 1. The lowest BCUT2D eigenvalue weighted by Gasteiger charge is -2.23. The van der Waals surface area contributed by atoms with Gasteiger partial charge in [-0.3, -0.25) is 0 Å². The Morgan fingerprint density at radius 2 is 1.78 bits per heavy atom. The third kappa shape index (κ3) is 3.47. The van der Waals surface area contributed by atoms with Gasteiger partial charge in [0.2, 0.25) is 0 Å². The molecule has 1 aromatic heterocycles. The summed E-state index contributed by atoms with van der Waals surface area (Å²) in [5, 5.41) is 11.5. The third-order valence-electron chi connectivity index (χ3n) is 3.87. The van der Waals surface area contributed by atoms with Crippen LogP contribution in [0.5, 0.6) is 0 Å². The quantitative estimate of drug-likeness (QED) is 0.749. The monoisotopic (exact) mass is 367 g/mol. The first-order valence-electron chi connectivity index (χ1n) is 7.97. The number of methoxy groups -OCH3 is 2. The van der Waals surface area contributed by atoms with Crippen molar-refractivity contribution in [2.45, 2.75) is 6.92 Å². The van der Waals surface area contributed by atoms with Crippen molar-refractivity contribution in [2.75, 3.05) is 19.1 Å². The Balaban J connectivity index is 2.15. The number of carbonyl (C=O) groups excluding carboxylic acids is 2. The van der Waals surface area contributed by atoms with Crippen molar-refractivity contribution in [2.24, 2.45) is 0 Å². The number of nitrogens with zero attached hydrogens (tertiary/aromatic N) is 5. The molecule has 9 nitrogen and oxygen atoms in total. The summed E-state index contributed by atoms with van der Waals surface area (Å²) in [6.07, 6.45) is 6.51. The van der Waals surface area contributed by atoms with Crippen molar-refractivity contribution < 1.29 is 19.1 Å². The van der Waals surface area contributed by atoms with E-state index in [0.29, 0.717) is 17.2 Å². The summed E-state index contributed by atoms with van der Waals surface area (Å²) < 4.78 is 11.3. The fraction of sp³-hybridized carbons (Fsp3) is 0.167. The summed E-state index contributed by atoms with van der Waals surface area (Å²) in [6, 6.07) is 7.20. The van der Waals surface area contributed by atoms with Gasteiger partial charge in [-0.1, -0.05) is 12.1 Å². The number of carbonyl (C=O) groups is 2. The van der Waals surface area contributed by atoms with Gasteiger partial charge in [-0.2, -0.15) is 4.68 Å². The lowest BCUT2D eigenvalue weighted by atomic mass is 10.1. The molecule has 1 aromatic carbocycles. The van der Waals surface area contributed by atoms with Crippen LogP contribution in [0, 0.1) is 6.92 Å². The minimum atomic E-state index is -0.671. The molecule has 2 aromatic rings. The molecule has 0 N–H and O–H groups in total. The Labute approximate surface area is 155 Å². The topological polar surface area (TPSA) is 99.4 Å². The molecule has 1 aliphatic rings. The molecule has 0 bridgehead atoms. The molecule has 0 spiro atoms. The van der Waals surface area contributed by atoms with E-state index < -0.39 is 11.9 Å². The number of hydrogen-bond donors (Lipinski definition) is 0. The van der Waals surface area contributed by atoms with Crippen LogP contribution in [0.3, 0.4) is 0 Å². The second-order valence-corrected chi connectivity index (χ2v) is 5.47. The van der Waals surface area contributed by atoms with Gasteiger partial charge in [-0.15, -0.1) is 5.10 Å². The first-order chi connectivity index (χ1) is 13.1. The van der Waals surface area contributed by atoms with E-state index >= 15 is 0 Å². The summed E-state index contributed by atoms with van der Waals surface area (Å²) in [5.41, 5.74) is 1.44. The van der Waals surface area contributed by atoms with Gasteiger partial charge in [0.05, 0.1) is 25.5 Å². The molecule has 0 aliphatic carbocycles. The summed E-state index contributed by atoms with van der Waals surface area (Å²) in [7, 11) is 2.50. The van der Waals surface area contributed by atoms with Crippen LogP contribution >= 0.6 is 0 Å². The second-order valence-electron chi connectivity index (χ2n) is 5.47. The molecule has 0 fully saturated rings. The summed E-state index contributed by atoms with van der Waals surface area (Å²) >= 11 is 0. The van der Waals surface area contributed by atoms with Crippen molar-refractivity contribution in [3.05, 3.63) is 65.8 Å². The normalized spacial score (nSPS) is 13.5. The van der Waals surface area contributed by atoms with Crippen LogP contribution < -0.4 is 4.90 Å². The smallest absolute Gasteiger partial charge is 0.355 e. The number of anilines is 1. The van der Waals surface area contributed by atoms with Gasteiger partial charge in [0.15, 0.2) is 5.82 Å². The van der Waals surface area contributed by atoms with E-state index in [0.717, 1.165) is 0 Å². The average molecular weight is 367 g/mol. The van der Waals surface area contributed by atoms with Crippen molar-refractivity contribution in [1.82, 2.24) is 20.2 Å². The van der Waals surface area contributed by atoms with Crippen LogP contribution in [0.15, 0.2) is 60.0 Å². The summed E-state index contributed by atoms with van der Waals surface area (Å²) in [6.45, 7) is 1.78. The van der Waals surface area contributed by atoms with Gasteiger partial charge >= 0.3 is 11.9 Å². The van der Waals surface area contributed by atoms with Crippen LogP contribution in [-0.4, -0.2) is 46.4 Å². The van der Waals surface area contributed by atoms with Crippen molar-refractivity contribution >= 4 is 17.6 Å². The summed E-state index contributed by atoms with van der Waals surface area (Å²) in [4.78, 5) is 26.2. The predicted octanol–water partition coefficient (Wildman–Crippen LogP) is 1.46. The van der Waals surface area contributed by atoms with Gasteiger partial charge in [0, 0.05) is 11.9 Å². The van der Waals surface area contributed by atoms with Crippen LogP contribution in [-0.2, 0) is 19.1 Å². The van der Waals surface area contributed by atoms with E-state index in [4.69, 9.17) is 9.47 Å². The molecule has 1 aliphatic heterocycles. The van der Waals surface area contributed by atoms with Crippen molar-refractivity contribution in [3.8, 4) is 5.69 Å². The van der Waals surface area contributed by atoms with E-state index in [9.17, 15) is 9.59 Å². The largest absolute Gasteiger partial charge is 0.465 e. The first kappa shape index (κ1) is 18.1. The average Bonchev–Trinajstić information content (AvgIpc) is 3.00. The lowest BCUT2D eigenvalue weighted by Crippen LogP contribution is -2.27. The van der Waals surface area contributed by atoms with Crippen LogP contribution in [0.1, 0.15) is 5.82 Å². The Hall–Kier alpha value is -3.75. The molecule has 2 heterocycles. The molecular formula is C18H17N5O4. The molecule has 0 saturated heterocycles. The number of aromatic nitrogens is 4. The highest BCUT2D eigenvalue weighted by atomic mass is 16.5. The number of allylic oxidation sites excluding steroid dienone is 2. The SMILES string of the molecule is COC(=O)C1=C(C(=O)OC)N(c2cccc(-n3nnnc3C)c2)C=CC=C1. The van der Waals surface area contributed by atoms with Crippen molar-refractivity contribution in [3.63, 3.8) is 0 Å². The van der Waals surface area contributed by atoms with Gasteiger partial charge in [-0.05, 0) is 47.7 Å². The maximum Gasteiger partial charge on any atom is 0.355 e. The Morgan fingerprint density at radius 1 is 1.04 bits per heavy atom. The Bertz CT molecular complexity index is 974. The zero-order valence-electron chi connectivity index (χ0n) is 15.0. The van der Waals surface area contributed by atoms with Crippen LogP contribution in [0.4, 0.5) is 5.69 Å². The number of rotatable bonds is 4. The molecule has 0 radical (unpaired) electrons. The maximum absolute atomic E-state index is 12.5. The zero-order chi connectivity index (χ0) is 19.4. The maximum atomic E-state index is 12.5. The number of benzene rings is 1. The minimum Gasteiger partial charge on any atom is -0.465 e. The zero-order valence-corrected chi connectivity index (χ0v) is 15.0. The van der Waals surface area contributed by atoms with Gasteiger partial charge in [-0.25, -0.2) is 9.59 Å². The fourth-order valence-electron chi connectivity index (χ4n) is 2.61. The molecule has 3 rings (SSSR count). The molecule has 9 heteroatoms. The predicted molar refractivity (Wildman–Crippen MR) is 95.7 cm³/mol. The van der Waals surface area contributed by atoms with Crippen LogP contribution in [0.25, 0.3) is 5.69 Å². The van der Waals surface area contributed by atoms with Gasteiger partial charge in [0.25, 0.3) is 0 Å². The first-order valence-corrected chi connectivity index (χ1v) is 7.97. The van der Waals surface area contributed by atoms with Gasteiger partial charge < -0.3 is 14.4 Å². The summed E-state index contributed by atoms with van der Waals surface area (Å²) in [5.74, 6) is -0.706. The van der Waals surface area contributed by atoms with Gasteiger partial charge in [0.1, 0.15) is 5.70 Å². The van der Waals surface area contributed by atoms with E-state index in [2.05, 4.69) is 15.5 Å². The minimum absolute atomic E-state index is 0.0416. The standard InChI is InChI=1S/C18H17N5O4/c1-12-19-20-21-23(12)14-8-6-7-13(11-14)22-10-5-4-9-15(17(24)26-2)16(22)18(25)27-3/h4-11H,1-3H3. The Morgan fingerprint density at radius 3 is 2.44 bits per heavy atom. The van der Waals surface area contributed by atoms with E-state index in [1.54, 1.807) is 53.1 Å². The third-order valence-corrected chi connectivity index (χ3v) is 3.87. The number of ether oxygens (including phenoxy) is 2. The highest BCUT2D eigenvalue weighted by Gasteiger charge is 2.27. The number of aryl methyl sites for hydroxylation is 1. The van der Waals surface area contributed by atoms with Crippen molar-refractivity contribution in [1.29, 1.82) is 0 Å². The van der Waals surface area contributed by atoms with E-state index in [1.807, 2.05) is 6.07 Å². The molecule has 0 unspecified atom stereocenters. The van der Waals surface area contributed by atoms with Crippen LogP contribution in [0.2, 0.25) is 0 Å². The highest BCUT2D eigenvalue weighted by molar-refractivity contribution is 6.05. The lowest BCUT2D eigenvalue weighted by molar-refractivity contribution is -0.139. The fourth-order valence-corrected chi connectivity index (χ4v) is 2.61. The highest BCUT2D eigenvalue weighted by Crippen LogP contribution is 2.27.